The van der Waals surface area contributed by atoms with Crippen molar-refractivity contribution < 1.29 is 14.3 Å². The Balaban J connectivity index is 2.11. The Kier molecular flexibility index (Phi) is 4.77. The minimum absolute atomic E-state index is 0.0804. The third-order valence-corrected chi connectivity index (χ3v) is 4.65. The third-order valence-electron chi connectivity index (χ3n) is 3.58. The van der Waals surface area contributed by atoms with Crippen molar-refractivity contribution >= 4 is 28.9 Å². The monoisotopic (exact) mass is 296 g/mol. The molecule has 1 aromatic rings. The summed E-state index contributed by atoms with van der Waals surface area (Å²) in [5.74, 6) is 0.0437. The molecule has 2 unspecified atom stereocenters. The van der Waals surface area contributed by atoms with Gasteiger partial charge >= 0.3 is 5.97 Å². The van der Waals surface area contributed by atoms with Crippen molar-refractivity contribution in [2.24, 2.45) is 5.92 Å². The fraction of sp³-hybridized carbons (Fsp3) is 0.571. The number of rotatable bonds is 3. The SMILES string of the molecule is COC(=O)c1scc(C)c1NC(=O)C1CC(C)CCN1. The van der Waals surface area contributed by atoms with Crippen molar-refractivity contribution in [2.45, 2.75) is 32.7 Å². The van der Waals surface area contributed by atoms with Crippen LogP contribution in [0.4, 0.5) is 5.69 Å². The molecule has 1 aliphatic heterocycles. The number of ether oxygens (including phenoxy) is 1. The quantitative estimate of drug-likeness (QED) is 0.839. The van der Waals surface area contributed by atoms with E-state index in [4.69, 9.17) is 4.74 Å². The van der Waals surface area contributed by atoms with Crippen molar-refractivity contribution in [3.05, 3.63) is 15.8 Å². The molecule has 2 heterocycles. The van der Waals surface area contributed by atoms with E-state index in [-0.39, 0.29) is 11.9 Å². The van der Waals surface area contributed by atoms with E-state index in [9.17, 15) is 9.59 Å². The first kappa shape index (κ1) is 15.0. The van der Waals surface area contributed by atoms with E-state index in [1.165, 1.54) is 18.4 Å². The van der Waals surface area contributed by atoms with E-state index in [0.717, 1.165) is 24.9 Å². The Bertz CT molecular complexity index is 513. The van der Waals surface area contributed by atoms with Crippen LogP contribution < -0.4 is 10.6 Å². The van der Waals surface area contributed by atoms with Crippen LogP contribution in [-0.2, 0) is 9.53 Å². The van der Waals surface area contributed by atoms with E-state index in [1.54, 1.807) is 0 Å². The number of nitrogens with one attached hydrogen (secondary N) is 2. The van der Waals surface area contributed by atoms with E-state index >= 15 is 0 Å². The van der Waals surface area contributed by atoms with Gasteiger partial charge in [-0.25, -0.2) is 4.79 Å². The van der Waals surface area contributed by atoms with Gasteiger partial charge in [0.15, 0.2) is 0 Å². The molecule has 0 radical (unpaired) electrons. The van der Waals surface area contributed by atoms with Crippen molar-refractivity contribution in [3.63, 3.8) is 0 Å². The summed E-state index contributed by atoms with van der Waals surface area (Å²) in [4.78, 5) is 24.4. The van der Waals surface area contributed by atoms with Gasteiger partial charge in [-0.2, -0.15) is 0 Å². The molecule has 0 bridgehead atoms. The second kappa shape index (κ2) is 6.37. The summed E-state index contributed by atoms with van der Waals surface area (Å²) in [6.07, 6.45) is 1.91. The first-order chi connectivity index (χ1) is 9.52. The summed E-state index contributed by atoms with van der Waals surface area (Å²) >= 11 is 1.29. The van der Waals surface area contributed by atoms with E-state index in [0.29, 0.717) is 16.5 Å². The van der Waals surface area contributed by atoms with Crippen LogP contribution in [0, 0.1) is 12.8 Å². The van der Waals surface area contributed by atoms with Crippen LogP contribution in [0.3, 0.4) is 0 Å². The molecule has 2 N–H and O–H groups in total. The fourth-order valence-electron chi connectivity index (χ4n) is 2.36. The minimum Gasteiger partial charge on any atom is -0.465 e. The highest BCUT2D eigenvalue weighted by Crippen LogP contribution is 2.29. The highest BCUT2D eigenvalue weighted by atomic mass is 32.1. The lowest BCUT2D eigenvalue weighted by molar-refractivity contribution is -0.119. The average Bonchev–Trinajstić information content (AvgIpc) is 2.79. The molecule has 1 amide bonds. The lowest BCUT2D eigenvalue weighted by atomic mass is 9.94. The van der Waals surface area contributed by atoms with Gasteiger partial charge in [0, 0.05) is 0 Å². The summed E-state index contributed by atoms with van der Waals surface area (Å²) in [5.41, 5.74) is 1.46. The maximum absolute atomic E-state index is 12.3. The topological polar surface area (TPSA) is 67.4 Å². The van der Waals surface area contributed by atoms with Crippen LogP contribution in [0.15, 0.2) is 5.38 Å². The summed E-state index contributed by atoms with van der Waals surface area (Å²) in [7, 11) is 1.34. The summed E-state index contributed by atoms with van der Waals surface area (Å²) < 4.78 is 4.74. The Morgan fingerprint density at radius 3 is 2.90 bits per heavy atom. The molecule has 6 heteroatoms. The second-order valence-corrected chi connectivity index (χ2v) is 6.12. The molecule has 20 heavy (non-hydrogen) atoms. The number of amides is 1. The molecule has 110 valence electrons. The summed E-state index contributed by atoms with van der Waals surface area (Å²) in [6, 6.07) is -0.191. The van der Waals surface area contributed by atoms with Gasteiger partial charge in [0.2, 0.25) is 5.91 Å². The number of esters is 1. The van der Waals surface area contributed by atoms with Crippen molar-refractivity contribution in [2.75, 3.05) is 19.0 Å². The van der Waals surface area contributed by atoms with Gasteiger partial charge < -0.3 is 15.4 Å². The number of hydrogen-bond donors (Lipinski definition) is 2. The van der Waals surface area contributed by atoms with Crippen LogP contribution >= 0.6 is 11.3 Å². The van der Waals surface area contributed by atoms with Gasteiger partial charge in [0.05, 0.1) is 18.8 Å². The largest absolute Gasteiger partial charge is 0.465 e. The molecule has 0 saturated carbocycles. The molecule has 2 rings (SSSR count). The van der Waals surface area contributed by atoms with Gasteiger partial charge in [-0.15, -0.1) is 11.3 Å². The zero-order valence-electron chi connectivity index (χ0n) is 12.0. The van der Waals surface area contributed by atoms with Crippen LogP contribution in [0.1, 0.15) is 35.0 Å². The van der Waals surface area contributed by atoms with Crippen LogP contribution in [-0.4, -0.2) is 31.6 Å². The number of methoxy groups -OCH3 is 1. The number of hydrogen-bond acceptors (Lipinski definition) is 5. The number of carbonyl (C=O) groups is 2. The minimum atomic E-state index is -0.414. The fourth-order valence-corrected chi connectivity index (χ4v) is 3.28. The van der Waals surface area contributed by atoms with Crippen molar-refractivity contribution in [3.8, 4) is 0 Å². The Hall–Kier alpha value is -1.40. The molecule has 2 atom stereocenters. The number of piperidine rings is 1. The van der Waals surface area contributed by atoms with Crippen molar-refractivity contribution in [1.82, 2.24) is 5.32 Å². The zero-order chi connectivity index (χ0) is 14.7. The zero-order valence-corrected chi connectivity index (χ0v) is 12.8. The van der Waals surface area contributed by atoms with E-state index < -0.39 is 5.97 Å². The molecular weight excluding hydrogens is 276 g/mol. The maximum Gasteiger partial charge on any atom is 0.350 e. The van der Waals surface area contributed by atoms with Crippen molar-refractivity contribution in [1.29, 1.82) is 0 Å². The molecular formula is C14H20N2O3S. The van der Waals surface area contributed by atoms with Gasteiger partial charge in [-0.05, 0) is 43.2 Å². The maximum atomic E-state index is 12.3. The molecule has 1 aromatic heterocycles. The predicted molar refractivity (Wildman–Crippen MR) is 79.2 cm³/mol. The molecule has 5 nitrogen and oxygen atoms in total. The molecule has 0 spiro atoms. The van der Waals surface area contributed by atoms with Gasteiger partial charge in [0.25, 0.3) is 0 Å². The number of carbonyl (C=O) groups excluding carboxylic acids is 2. The smallest absolute Gasteiger partial charge is 0.350 e. The molecule has 0 aliphatic carbocycles. The van der Waals surface area contributed by atoms with Gasteiger partial charge in [0.1, 0.15) is 4.88 Å². The summed E-state index contributed by atoms with van der Waals surface area (Å²) in [5, 5.41) is 7.94. The highest BCUT2D eigenvalue weighted by molar-refractivity contribution is 7.12. The Morgan fingerprint density at radius 2 is 2.25 bits per heavy atom. The molecule has 1 saturated heterocycles. The molecule has 0 aromatic carbocycles. The van der Waals surface area contributed by atoms with Gasteiger partial charge in [-0.1, -0.05) is 6.92 Å². The molecule has 1 aliphatic rings. The Labute approximate surface area is 122 Å². The normalized spacial score (nSPS) is 22.4. The van der Waals surface area contributed by atoms with Crippen LogP contribution in [0.25, 0.3) is 0 Å². The summed E-state index contributed by atoms with van der Waals surface area (Å²) in [6.45, 7) is 4.87. The van der Waals surface area contributed by atoms with E-state index in [2.05, 4.69) is 17.6 Å². The predicted octanol–water partition coefficient (Wildman–Crippen LogP) is 2.17. The average molecular weight is 296 g/mol. The number of aryl methyl sites for hydroxylation is 1. The lowest BCUT2D eigenvalue weighted by Crippen LogP contribution is -2.45. The first-order valence-corrected chi connectivity index (χ1v) is 7.61. The lowest BCUT2D eigenvalue weighted by Gasteiger charge is -2.27. The number of thiophene rings is 1. The third kappa shape index (κ3) is 3.19. The highest BCUT2D eigenvalue weighted by Gasteiger charge is 2.26. The van der Waals surface area contributed by atoms with Gasteiger partial charge in [-0.3, -0.25) is 4.79 Å². The molecule has 1 fully saturated rings. The Morgan fingerprint density at radius 1 is 1.50 bits per heavy atom. The van der Waals surface area contributed by atoms with Crippen LogP contribution in [0.2, 0.25) is 0 Å². The second-order valence-electron chi connectivity index (χ2n) is 5.24. The van der Waals surface area contributed by atoms with E-state index in [1.807, 2.05) is 12.3 Å². The standard InChI is InChI=1S/C14H20N2O3S/c1-8-4-5-15-10(6-8)13(17)16-11-9(2)7-20-12(11)14(18)19-3/h7-8,10,15H,4-6H2,1-3H3,(H,16,17). The first-order valence-electron chi connectivity index (χ1n) is 6.73. The van der Waals surface area contributed by atoms with Crippen LogP contribution in [0.5, 0.6) is 0 Å². The number of anilines is 1.